The van der Waals surface area contributed by atoms with Crippen molar-refractivity contribution in [1.82, 2.24) is 14.2 Å². The number of hydrogen-bond acceptors (Lipinski definition) is 4. The summed E-state index contributed by atoms with van der Waals surface area (Å²) in [4.78, 5) is 26.3. The second kappa shape index (κ2) is 8.24. The number of carbonyl (C=O) groups excluding carboxylic acids is 1. The van der Waals surface area contributed by atoms with E-state index in [-0.39, 0.29) is 34.4 Å². The van der Waals surface area contributed by atoms with E-state index in [0.717, 1.165) is 12.1 Å². The Morgan fingerprint density at radius 2 is 1.82 bits per heavy atom. The lowest BCUT2D eigenvalue weighted by Gasteiger charge is -2.32. The summed E-state index contributed by atoms with van der Waals surface area (Å²) in [6.45, 7) is 1.16. The van der Waals surface area contributed by atoms with Crippen LogP contribution in [-0.2, 0) is 17.1 Å². The number of aromatic nitrogens is 1. The molecule has 150 valence electrons. The van der Waals surface area contributed by atoms with Gasteiger partial charge in [-0.05, 0) is 55.2 Å². The van der Waals surface area contributed by atoms with Gasteiger partial charge in [-0.1, -0.05) is 0 Å². The summed E-state index contributed by atoms with van der Waals surface area (Å²) in [5, 5.41) is 0. The maximum absolute atomic E-state index is 13.0. The molecule has 2 heterocycles. The van der Waals surface area contributed by atoms with Crippen molar-refractivity contribution < 1.29 is 17.6 Å². The highest BCUT2D eigenvalue weighted by Gasteiger charge is 2.26. The lowest BCUT2D eigenvalue weighted by Crippen LogP contribution is -2.43. The number of likely N-dealkylation sites (tertiary alicyclic amines) is 1. The van der Waals surface area contributed by atoms with Crippen LogP contribution in [0.5, 0.6) is 0 Å². The van der Waals surface area contributed by atoms with Crippen molar-refractivity contribution in [2.75, 3.05) is 19.6 Å². The zero-order chi connectivity index (χ0) is 20.3. The van der Waals surface area contributed by atoms with Crippen LogP contribution >= 0.6 is 0 Å². The number of sulfonamides is 1. The molecule has 0 aliphatic carbocycles. The van der Waals surface area contributed by atoms with Crippen molar-refractivity contribution in [3.63, 3.8) is 0 Å². The molecule has 1 amide bonds. The molecule has 1 aromatic heterocycles. The first kappa shape index (κ1) is 20.2. The second-order valence-electron chi connectivity index (χ2n) is 6.88. The first-order chi connectivity index (χ1) is 13.3. The monoisotopic (exact) mass is 407 g/mol. The molecule has 1 fully saturated rings. The van der Waals surface area contributed by atoms with Crippen molar-refractivity contribution in [2.45, 2.75) is 17.7 Å². The van der Waals surface area contributed by atoms with Crippen LogP contribution in [0.15, 0.2) is 52.3 Å². The number of nitrogens with zero attached hydrogens (tertiary/aromatic N) is 2. The Balaban J connectivity index is 1.55. The molecule has 7 nitrogen and oxygen atoms in total. The molecule has 1 aromatic carbocycles. The molecule has 1 aliphatic rings. The molecule has 0 atom stereocenters. The van der Waals surface area contributed by atoms with Gasteiger partial charge < -0.3 is 9.47 Å². The molecule has 1 saturated heterocycles. The largest absolute Gasteiger partial charge is 0.338 e. The SMILES string of the molecule is Cn1cccc(C(=O)N2CCC(CNS(=O)(=O)c3ccc(F)cc3)CC2)c1=O. The van der Waals surface area contributed by atoms with E-state index in [1.165, 1.54) is 22.8 Å². The van der Waals surface area contributed by atoms with Crippen LogP contribution in [0.25, 0.3) is 0 Å². The minimum Gasteiger partial charge on any atom is -0.338 e. The minimum atomic E-state index is -3.70. The number of rotatable bonds is 5. The summed E-state index contributed by atoms with van der Waals surface area (Å²) in [5.74, 6) is -0.714. The molecule has 0 saturated carbocycles. The summed E-state index contributed by atoms with van der Waals surface area (Å²) < 4.78 is 41.4. The van der Waals surface area contributed by atoms with E-state index in [1.54, 1.807) is 24.2 Å². The zero-order valence-corrected chi connectivity index (χ0v) is 16.3. The minimum absolute atomic E-state index is 0.0152. The molecule has 2 aromatic rings. The number of hydrogen-bond donors (Lipinski definition) is 1. The van der Waals surface area contributed by atoms with Gasteiger partial charge in [0.15, 0.2) is 0 Å². The molecule has 3 rings (SSSR count). The first-order valence-electron chi connectivity index (χ1n) is 8.98. The zero-order valence-electron chi connectivity index (χ0n) is 15.5. The lowest BCUT2D eigenvalue weighted by molar-refractivity contribution is 0.0689. The van der Waals surface area contributed by atoms with E-state index >= 15 is 0 Å². The van der Waals surface area contributed by atoms with Crippen LogP contribution in [0.4, 0.5) is 4.39 Å². The molecule has 0 unspecified atom stereocenters. The number of halogens is 1. The van der Waals surface area contributed by atoms with Gasteiger partial charge in [-0.3, -0.25) is 9.59 Å². The van der Waals surface area contributed by atoms with Crippen LogP contribution in [0.1, 0.15) is 23.2 Å². The summed E-state index contributed by atoms with van der Waals surface area (Å²) in [5.41, 5.74) is -0.192. The molecule has 1 N–H and O–H groups in total. The first-order valence-corrected chi connectivity index (χ1v) is 10.5. The molecule has 0 spiro atoms. The standard InChI is InChI=1S/C19H22FN3O4S/c1-22-10-2-3-17(18(22)24)19(25)23-11-8-14(9-12-23)13-21-28(26,27)16-6-4-15(20)5-7-16/h2-7,10,14,21H,8-9,11-13H2,1H3. The number of carbonyl (C=O) groups is 1. The number of pyridine rings is 1. The third-order valence-corrected chi connectivity index (χ3v) is 6.38. The highest BCUT2D eigenvalue weighted by atomic mass is 32.2. The Hall–Kier alpha value is -2.52. The fraction of sp³-hybridized carbons (Fsp3) is 0.368. The van der Waals surface area contributed by atoms with Crippen molar-refractivity contribution in [1.29, 1.82) is 0 Å². The summed E-state index contributed by atoms with van der Waals surface area (Å²) in [7, 11) is -2.11. The van der Waals surface area contributed by atoms with Gasteiger partial charge >= 0.3 is 0 Å². The van der Waals surface area contributed by atoms with Crippen molar-refractivity contribution in [3.8, 4) is 0 Å². The van der Waals surface area contributed by atoms with Gasteiger partial charge in [0.1, 0.15) is 11.4 Å². The summed E-state index contributed by atoms with van der Waals surface area (Å²) in [6.07, 6.45) is 2.86. The van der Waals surface area contributed by atoms with Crippen LogP contribution in [0.3, 0.4) is 0 Å². The Morgan fingerprint density at radius 3 is 2.46 bits per heavy atom. The average molecular weight is 407 g/mol. The van der Waals surface area contributed by atoms with Crippen molar-refractivity contribution in [2.24, 2.45) is 13.0 Å². The van der Waals surface area contributed by atoms with E-state index in [0.29, 0.717) is 25.9 Å². The second-order valence-corrected chi connectivity index (χ2v) is 8.65. The Morgan fingerprint density at radius 1 is 1.18 bits per heavy atom. The molecule has 1 aliphatic heterocycles. The third-order valence-electron chi connectivity index (χ3n) is 4.94. The van der Waals surface area contributed by atoms with Gasteiger partial charge in [0.2, 0.25) is 10.0 Å². The normalized spacial score (nSPS) is 15.6. The molecule has 28 heavy (non-hydrogen) atoms. The number of aryl methyl sites for hydroxylation is 1. The molecule has 0 bridgehead atoms. The number of benzene rings is 1. The predicted molar refractivity (Wildman–Crippen MR) is 102 cm³/mol. The fourth-order valence-electron chi connectivity index (χ4n) is 3.20. The van der Waals surface area contributed by atoms with Gasteiger partial charge in [0.05, 0.1) is 4.90 Å². The van der Waals surface area contributed by atoms with Gasteiger partial charge in [0.25, 0.3) is 11.5 Å². The van der Waals surface area contributed by atoms with Crippen LogP contribution in [0.2, 0.25) is 0 Å². The quantitative estimate of drug-likeness (QED) is 0.811. The van der Waals surface area contributed by atoms with Crippen LogP contribution in [-0.4, -0.2) is 43.4 Å². The molecular weight excluding hydrogens is 385 g/mol. The molecular formula is C19H22FN3O4S. The summed E-state index contributed by atoms with van der Waals surface area (Å²) >= 11 is 0. The number of amides is 1. The van der Waals surface area contributed by atoms with E-state index in [2.05, 4.69) is 4.72 Å². The van der Waals surface area contributed by atoms with Gasteiger partial charge in [-0.25, -0.2) is 17.5 Å². The number of nitrogens with one attached hydrogen (secondary N) is 1. The average Bonchev–Trinajstić information content (AvgIpc) is 2.69. The van der Waals surface area contributed by atoms with Crippen molar-refractivity contribution >= 4 is 15.9 Å². The Bertz CT molecular complexity index is 1010. The molecule has 0 radical (unpaired) electrons. The highest BCUT2D eigenvalue weighted by molar-refractivity contribution is 7.89. The van der Waals surface area contributed by atoms with E-state index in [1.807, 2.05) is 0 Å². The van der Waals surface area contributed by atoms with Gasteiger partial charge in [0, 0.05) is 32.9 Å². The van der Waals surface area contributed by atoms with Crippen LogP contribution < -0.4 is 10.3 Å². The van der Waals surface area contributed by atoms with Gasteiger partial charge in [-0.15, -0.1) is 0 Å². The third kappa shape index (κ3) is 4.48. The predicted octanol–water partition coefficient (Wildman–Crippen LogP) is 1.36. The maximum atomic E-state index is 13.0. The fourth-order valence-corrected chi connectivity index (χ4v) is 4.31. The smallest absolute Gasteiger partial charge is 0.263 e. The lowest BCUT2D eigenvalue weighted by atomic mass is 9.97. The topological polar surface area (TPSA) is 88.5 Å². The van der Waals surface area contributed by atoms with Gasteiger partial charge in [-0.2, -0.15) is 0 Å². The Labute approximate surface area is 162 Å². The Kier molecular flexibility index (Phi) is 5.95. The van der Waals surface area contributed by atoms with Crippen molar-refractivity contribution in [3.05, 3.63) is 64.3 Å². The van der Waals surface area contributed by atoms with Crippen LogP contribution in [0, 0.1) is 11.7 Å². The molecule has 9 heteroatoms. The van der Waals surface area contributed by atoms with E-state index in [9.17, 15) is 22.4 Å². The van der Waals surface area contributed by atoms with E-state index in [4.69, 9.17) is 0 Å². The van der Waals surface area contributed by atoms with E-state index < -0.39 is 15.8 Å². The number of piperidine rings is 1. The highest BCUT2D eigenvalue weighted by Crippen LogP contribution is 2.19. The summed E-state index contributed by atoms with van der Waals surface area (Å²) in [6, 6.07) is 7.83. The maximum Gasteiger partial charge on any atom is 0.263 e.